The zero-order valence-corrected chi connectivity index (χ0v) is 22.2. The summed E-state index contributed by atoms with van der Waals surface area (Å²) in [5.74, 6) is 1.11. The molecule has 0 bridgehead atoms. The molecule has 192 valence electrons. The Bertz CT molecular complexity index is 1260. The van der Waals surface area contributed by atoms with E-state index in [1.54, 1.807) is 44.9 Å². The number of amides is 3. The van der Waals surface area contributed by atoms with Crippen LogP contribution >= 0.6 is 23.0 Å². The Morgan fingerprint density at radius 1 is 0.892 bits per heavy atom. The number of nitrogens with zero attached hydrogens (tertiary/aromatic N) is 2. The van der Waals surface area contributed by atoms with Gasteiger partial charge in [-0.05, 0) is 53.1 Å². The minimum atomic E-state index is -0.339. The Morgan fingerprint density at radius 2 is 1.62 bits per heavy atom. The lowest BCUT2D eigenvalue weighted by molar-refractivity contribution is 0.0548. The average molecular weight is 615 g/mol. The number of morpholine rings is 1. The zero-order valence-electron chi connectivity index (χ0n) is 20.0. The number of fused-ring (bicyclic) bond motifs is 1. The molecule has 0 radical (unpaired) electrons. The van der Waals surface area contributed by atoms with Crippen molar-refractivity contribution < 1.29 is 27.0 Å². The summed E-state index contributed by atoms with van der Waals surface area (Å²) in [7, 11) is 0. The van der Waals surface area contributed by atoms with Gasteiger partial charge in [-0.1, -0.05) is 30.3 Å². The van der Waals surface area contributed by atoms with Gasteiger partial charge in [-0.25, -0.2) is 13.4 Å². The van der Waals surface area contributed by atoms with Gasteiger partial charge in [0.2, 0.25) is 0 Å². The largest absolute Gasteiger partial charge is 0.486 e. The van der Waals surface area contributed by atoms with E-state index in [2.05, 4.69) is 8.65 Å². The molecule has 2 aliphatic heterocycles. The van der Waals surface area contributed by atoms with Crippen molar-refractivity contribution in [3.05, 3.63) is 77.9 Å². The predicted octanol–water partition coefficient (Wildman–Crippen LogP) is 4.60. The lowest BCUT2D eigenvalue weighted by atomic mass is 10.0. The summed E-state index contributed by atoms with van der Waals surface area (Å²) in [5, 5.41) is 0. The van der Waals surface area contributed by atoms with Gasteiger partial charge in [0.05, 0.1) is 19.8 Å². The Balaban J connectivity index is 1.44. The van der Waals surface area contributed by atoms with Gasteiger partial charge in [-0.3, -0.25) is 9.69 Å². The molecule has 0 unspecified atom stereocenters. The maximum Gasteiger partial charge on any atom is 0.324 e. The molecular weight excluding hydrogens is 589 g/mol. The first-order chi connectivity index (χ1) is 18.1. The van der Waals surface area contributed by atoms with E-state index in [-0.39, 0.29) is 11.9 Å². The van der Waals surface area contributed by atoms with Crippen molar-refractivity contribution in [2.45, 2.75) is 6.54 Å². The molecule has 10 heteroatoms. The van der Waals surface area contributed by atoms with Crippen LogP contribution in [0.4, 0.5) is 10.5 Å². The van der Waals surface area contributed by atoms with Crippen LogP contribution in [0.2, 0.25) is 0 Å². The number of carbonyl (C=O) groups excluding carboxylic acids is 2. The maximum atomic E-state index is 13.7. The van der Waals surface area contributed by atoms with E-state index in [1.165, 1.54) is 0 Å². The number of hydrogen-bond donors (Lipinski definition) is 1. The lowest BCUT2D eigenvalue weighted by Gasteiger charge is -2.33. The van der Waals surface area contributed by atoms with Gasteiger partial charge < -0.3 is 19.1 Å². The number of urea groups is 1. The number of hydroxylamine groups is 1. The van der Waals surface area contributed by atoms with Crippen LogP contribution in [0.5, 0.6) is 11.5 Å². The number of anilines is 1. The fourth-order valence-corrected chi connectivity index (χ4v) is 4.51. The van der Waals surface area contributed by atoms with E-state index in [0.29, 0.717) is 57.4 Å². The molecule has 37 heavy (non-hydrogen) atoms. The van der Waals surface area contributed by atoms with Crippen molar-refractivity contribution in [2.24, 2.45) is 0 Å². The Labute approximate surface area is 228 Å². The molecule has 2 aliphatic rings. The van der Waals surface area contributed by atoms with E-state index in [0.717, 1.165) is 28.1 Å². The van der Waals surface area contributed by atoms with Gasteiger partial charge in [0.1, 0.15) is 36.2 Å². The Kier molecular flexibility index (Phi) is 8.07. The van der Waals surface area contributed by atoms with Crippen LogP contribution < -0.4 is 19.9 Å². The highest BCUT2D eigenvalue weighted by Crippen LogP contribution is 2.35. The fraction of sp³-hybridized carbons (Fsp3) is 0.259. The van der Waals surface area contributed by atoms with Gasteiger partial charge in [0.15, 0.2) is 11.5 Å². The number of nitrogens with one attached hydrogen (secondary N) is 1. The summed E-state index contributed by atoms with van der Waals surface area (Å²) in [5.41, 5.74) is 6.35. The van der Waals surface area contributed by atoms with Crippen molar-refractivity contribution in [2.75, 3.05) is 44.4 Å². The molecule has 0 saturated carbocycles. The van der Waals surface area contributed by atoms with Crippen LogP contribution in [0, 0.1) is 0 Å². The monoisotopic (exact) mass is 615 g/mol. The van der Waals surface area contributed by atoms with Crippen molar-refractivity contribution >= 4 is 40.6 Å². The minimum Gasteiger partial charge on any atom is -0.486 e. The summed E-state index contributed by atoms with van der Waals surface area (Å²) < 4.78 is 21.5. The molecule has 1 N–H and O–H groups in total. The topological polar surface area (TPSA) is 89.6 Å². The van der Waals surface area contributed by atoms with Crippen LogP contribution in [-0.2, 0) is 14.4 Å². The molecule has 0 atom stereocenters. The van der Waals surface area contributed by atoms with Crippen LogP contribution in [0.3, 0.4) is 0 Å². The smallest absolute Gasteiger partial charge is 0.324 e. The van der Waals surface area contributed by atoms with Crippen LogP contribution in [-0.4, -0.2) is 56.4 Å². The second kappa shape index (κ2) is 11.8. The molecule has 5 rings (SSSR count). The summed E-state index contributed by atoms with van der Waals surface area (Å²) in [6.45, 7) is 3.49. The first-order valence-electron chi connectivity index (χ1n) is 11.9. The van der Waals surface area contributed by atoms with E-state index in [1.807, 2.05) is 54.6 Å². The third-order valence-electron chi connectivity index (χ3n) is 6.23. The molecule has 2 heterocycles. The molecular formula is C27H26IN3O6. The van der Waals surface area contributed by atoms with Crippen molar-refractivity contribution in [1.29, 1.82) is 0 Å². The predicted molar refractivity (Wildman–Crippen MR) is 146 cm³/mol. The summed E-state index contributed by atoms with van der Waals surface area (Å²) in [6.07, 6.45) is 0. The third kappa shape index (κ3) is 5.97. The molecule has 0 spiro atoms. The second-order valence-electron chi connectivity index (χ2n) is 8.58. The number of carbonyl (C=O) groups is 2. The van der Waals surface area contributed by atoms with Crippen molar-refractivity contribution in [3.8, 4) is 22.6 Å². The van der Waals surface area contributed by atoms with Crippen LogP contribution in [0.25, 0.3) is 11.1 Å². The van der Waals surface area contributed by atoms with E-state index in [4.69, 9.17) is 14.2 Å². The summed E-state index contributed by atoms with van der Waals surface area (Å²) in [4.78, 5) is 29.3. The van der Waals surface area contributed by atoms with Gasteiger partial charge in [-0.2, -0.15) is 0 Å². The Hall–Kier alpha value is -3.35. The van der Waals surface area contributed by atoms with Gasteiger partial charge in [0.25, 0.3) is 5.91 Å². The van der Waals surface area contributed by atoms with Gasteiger partial charge in [-0.15, -0.1) is 0 Å². The van der Waals surface area contributed by atoms with E-state index < -0.39 is 0 Å². The Morgan fingerprint density at radius 3 is 2.38 bits per heavy atom. The van der Waals surface area contributed by atoms with E-state index >= 15 is 0 Å². The summed E-state index contributed by atoms with van der Waals surface area (Å²) in [6, 6.07) is 20.8. The van der Waals surface area contributed by atoms with Crippen LogP contribution in [0.15, 0.2) is 66.7 Å². The average Bonchev–Trinajstić information content (AvgIpc) is 2.96. The third-order valence-corrected chi connectivity index (χ3v) is 6.45. The molecule has 3 amide bonds. The quantitative estimate of drug-likeness (QED) is 0.323. The van der Waals surface area contributed by atoms with E-state index in [9.17, 15) is 9.59 Å². The molecule has 1 saturated heterocycles. The molecule has 0 aliphatic carbocycles. The molecule has 9 nitrogen and oxygen atoms in total. The maximum absolute atomic E-state index is 13.7. The first-order valence-corrected chi connectivity index (χ1v) is 12.8. The van der Waals surface area contributed by atoms with Crippen LogP contribution in [0.1, 0.15) is 15.9 Å². The standard InChI is InChI=1S/C27H26IN3O6/c28-37-29-26(32)20-6-4-19(5-7-20)18-31(27(33)30-10-12-34-13-11-30)23-3-1-2-21(16-23)22-8-9-24-25(17-22)36-15-14-35-24/h1-9,16-17H,10-15,18H2,(H,29,32). The zero-order chi connectivity index (χ0) is 25.6. The fourth-order valence-electron chi connectivity index (χ4n) is 4.31. The normalized spacial score (nSPS) is 14.7. The molecule has 3 aromatic rings. The SMILES string of the molecule is O=C(NOI)c1ccc(CN(C(=O)N2CCOCC2)c2cccc(-c3ccc4c(c3)OCCO4)c2)cc1. The molecule has 3 aromatic carbocycles. The summed E-state index contributed by atoms with van der Waals surface area (Å²) >= 11 is 1.60. The lowest BCUT2D eigenvalue weighted by Crippen LogP contribution is -2.48. The second-order valence-corrected chi connectivity index (χ2v) is 9.02. The van der Waals surface area contributed by atoms with Gasteiger partial charge >= 0.3 is 6.03 Å². The van der Waals surface area contributed by atoms with Crippen molar-refractivity contribution in [1.82, 2.24) is 10.4 Å². The van der Waals surface area contributed by atoms with Gasteiger partial charge in [0, 0.05) is 24.3 Å². The number of halogens is 1. The minimum absolute atomic E-state index is 0.0947. The highest BCUT2D eigenvalue weighted by molar-refractivity contribution is 14.1. The number of rotatable bonds is 6. The molecule has 0 aromatic heterocycles. The first kappa shape index (κ1) is 25.3. The molecule has 1 fully saturated rings. The highest BCUT2D eigenvalue weighted by atomic mass is 127. The number of hydrogen-bond acceptors (Lipinski definition) is 6. The number of benzene rings is 3. The van der Waals surface area contributed by atoms with Crippen molar-refractivity contribution in [3.63, 3.8) is 0 Å². The highest BCUT2D eigenvalue weighted by Gasteiger charge is 2.25. The number of ether oxygens (including phenoxy) is 3.